The van der Waals surface area contributed by atoms with E-state index in [0.29, 0.717) is 45.8 Å². The van der Waals surface area contributed by atoms with Crippen LogP contribution in [0.4, 0.5) is 5.82 Å². The van der Waals surface area contributed by atoms with Crippen molar-refractivity contribution in [3.05, 3.63) is 59.2 Å². The summed E-state index contributed by atoms with van der Waals surface area (Å²) >= 11 is 0. The summed E-state index contributed by atoms with van der Waals surface area (Å²) in [5.41, 5.74) is 7.98. The van der Waals surface area contributed by atoms with Crippen molar-refractivity contribution < 1.29 is 24.5 Å². The molecule has 4 N–H and O–H groups in total. The molecule has 168 valence electrons. The van der Waals surface area contributed by atoms with Gasteiger partial charge < -0.3 is 19.7 Å². The molecule has 0 bridgehead atoms. The lowest BCUT2D eigenvalue weighted by atomic mass is 10.00. The van der Waals surface area contributed by atoms with Crippen molar-refractivity contribution in [2.45, 2.75) is 6.92 Å². The van der Waals surface area contributed by atoms with Gasteiger partial charge >= 0.3 is 5.97 Å². The largest absolute Gasteiger partial charge is 0.508 e. The van der Waals surface area contributed by atoms with Gasteiger partial charge in [-0.15, -0.1) is 0 Å². The highest BCUT2D eigenvalue weighted by molar-refractivity contribution is 5.77. The molecule has 0 atom stereocenters. The Morgan fingerprint density at radius 3 is 2.48 bits per heavy atom. The number of aliphatic hydroxyl groups excluding tert-OH is 1. The number of anilines is 1. The third-order valence-corrected chi connectivity index (χ3v) is 4.80. The molecule has 10 nitrogen and oxygen atoms in total. The van der Waals surface area contributed by atoms with Crippen molar-refractivity contribution >= 4 is 24.1 Å². The summed E-state index contributed by atoms with van der Waals surface area (Å²) in [7, 11) is 0. The first-order valence-electron chi connectivity index (χ1n) is 9.97. The number of hydrogen-bond acceptors (Lipinski definition) is 9. The molecule has 1 aliphatic heterocycles. The molecule has 1 aromatic heterocycles. The van der Waals surface area contributed by atoms with Gasteiger partial charge in [0.1, 0.15) is 17.3 Å². The van der Waals surface area contributed by atoms with Crippen molar-refractivity contribution in [3.8, 4) is 34.0 Å². The number of fused-ring (bicyclic) bond motifs is 1. The number of ether oxygens (including phenoxy) is 2. The molecule has 2 heterocycles. The van der Waals surface area contributed by atoms with E-state index in [0.717, 1.165) is 11.1 Å². The first kappa shape index (κ1) is 21.6. The van der Waals surface area contributed by atoms with Crippen LogP contribution in [-0.4, -0.2) is 39.4 Å². The van der Waals surface area contributed by atoms with E-state index >= 15 is 0 Å². The molecule has 0 saturated carbocycles. The van der Waals surface area contributed by atoms with Gasteiger partial charge in [0.2, 0.25) is 0 Å². The lowest BCUT2D eigenvalue weighted by Gasteiger charge is -2.14. The molecule has 33 heavy (non-hydrogen) atoms. The molecular formula is C23H21N5O5. The van der Waals surface area contributed by atoms with Gasteiger partial charge in [-0.3, -0.25) is 5.43 Å². The quantitative estimate of drug-likeness (QED) is 0.382. The zero-order chi connectivity index (χ0) is 23.5. The van der Waals surface area contributed by atoms with Gasteiger partial charge in [-0.1, -0.05) is 25.3 Å². The van der Waals surface area contributed by atoms with Crippen molar-refractivity contribution in [1.82, 2.24) is 15.5 Å². The number of aliphatic hydroxyl groups is 1. The second kappa shape index (κ2) is 8.87. The van der Waals surface area contributed by atoms with Gasteiger partial charge in [-0.05, 0) is 42.3 Å². The number of aliphatic carboxylic acids is 1. The second-order valence-electron chi connectivity index (χ2n) is 7.02. The SMILES string of the molecule is C=C(O)c1ccc(-c2ccc(-c3nc4c(c(=C)n3)=NNN4)c(OCC)c2)cc1OCC(=O)O. The van der Waals surface area contributed by atoms with Crippen molar-refractivity contribution in [3.63, 3.8) is 0 Å². The Morgan fingerprint density at radius 2 is 1.79 bits per heavy atom. The van der Waals surface area contributed by atoms with Crippen molar-refractivity contribution in [2.75, 3.05) is 18.6 Å². The minimum absolute atomic E-state index is 0.204. The number of hydrogen-bond donors (Lipinski definition) is 4. The van der Waals surface area contributed by atoms with Crippen LogP contribution in [0.1, 0.15) is 12.5 Å². The average Bonchev–Trinajstić information content (AvgIpc) is 3.27. The second-order valence-corrected chi connectivity index (χ2v) is 7.02. The zero-order valence-electron chi connectivity index (χ0n) is 17.8. The lowest BCUT2D eigenvalue weighted by molar-refractivity contribution is -0.139. The molecule has 0 unspecified atom stereocenters. The van der Waals surface area contributed by atoms with Crippen LogP contribution in [-0.2, 0) is 4.79 Å². The highest BCUT2D eigenvalue weighted by Crippen LogP contribution is 2.35. The minimum atomic E-state index is -1.13. The standard InChI is InChI=1S/C23H21N5O5/c1-4-32-19-10-15(14-5-7-16(13(3)29)18(9-14)33-11-20(30)31)6-8-17(19)22-24-12(2)21-23(25-22)27-28-26-21/h5-10,29H,2-4,11H2,1H3,(H,30,31)(H2,24,25,26,27,28). The number of aromatic nitrogens is 2. The number of carboxylic acid groups (broad SMARTS) is 1. The third kappa shape index (κ3) is 4.40. The fraction of sp³-hybridized carbons (Fsp3) is 0.130. The molecule has 4 rings (SSSR count). The van der Waals surface area contributed by atoms with Crippen LogP contribution in [0.3, 0.4) is 0 Å². The summed E-state index contributed by atoms with van der Waals surface area (Å²) in [5.74, 6) is 0.361. The van der Waals surface area contributed by atoms with Gasteiger partial charge in [0.15, 0.2) is 23.6 Å². The fourth-order valence-electron chi connectivity index (χ4n) is 3.32. The van der Waals surface area contributed by atoms with E-state index in [4.69, 9.17) is 14.6 Å². The van der Waals surface area contributed by atoms with Gasteiger partial charge in [-0.25, -0.2) is 20.3 Å². The first-order chi connectivity index (χ1) is 15.9. The Hall–Kier alpha value is -4.60. The van der Waals surface area contributed by atoms with Crippen LogP contribution < -0.4 is 31.1 Å². The van der Waals surface area contributed by atoms with Gasteiger partial charge in [-0.2, -0.15) is 5.10 Å². The predicted molar refractivity (Wildman–Crippen MR) is 122 cm³/mol. The van der Waals surface area contributed by atoms with Crippen LogP contribution in [0.2, 0.25) is 0 Å². The van der Waals surface area contributed by atoms with Crippen LogP contribution in [0.25, 0.3) is 34.9 Å². The molecule has 3 aromatic rings. The molecule has 0 aliphatic carbocycles. The van der Waals surface area contributed by atoms with E-state index in [1.807, 2.05) is 25.1 Å². The Morgan fingerprint density at radius 1 is 1.06 bits per heavy atom. The van der Waals surface area contributed by atoms with Gasteiger partial charge in [0, 0.05) is 0 Å². The molecule has 0 saturated heterocycles. The molecule has 0 fully saturated rings. The van der Waals surface area contributed by atoms with E-state index in [2.05, 4.69) is 39.2 Å². The molecule has 0 radical (unpaired) electrons. The topological polar surface area (TPSA) is 138 Å². The Kier molecular flexibility index (Phi) is 5.81. The number of carbonyl (C=O) groups is 1. The number of hydrazine groups is 1. The summed E-state index contributed by atoms with van der Waals surface area (Å²) in [4.78, 5) is 19.9. The maximum Gasteiger partial charge on any atom is 0.341 e. The van der Waals surface area contributed by atoms with E-state index in [9.17, 15) is 9.90 Å². The third-order valence-electron chi connectivity index (χ3n) is 4.80. The Bertz CT molecular complexity index is 1370. The predicted octanol–water partition coefficient (Wildman–Crippen LogP) is 2.08. The number of rotatable bonds is 8. The van der Waals surface area contributed by atoms with Crippen molar-refractivity contribution in [2.24, 2.45) is 5.10 Å². The molecule has 1 aliphatic rings. The Labute approximate surface area is 188 Å². The molecular weight excluding hydrogens is 426 g/mol. The van der Waals surface area contributed by atoms with Crippen LogP contribution in [0.5, 0.6) is 11.5 Å². The van der Waals surface area contributed by atoms with E-state index in [1.165, 1.54) is 0 Å². The number of nitrogens with one attached hydrogen (secondary N) is 2. The van der Waals surface area contributed by atoms with Crippen molar-refractivity contribution in [1.29, 1.82) is 0 Å². The summed E-state index contributed by atoms with van der Waals surface area (Å²) in [6, 6.07) is 10.5. The zero-order valence-corrected chi connectivity index (χ0v) is 17.8. The van der Waals surface area contributed by atoms with Crippen LogP contribution in [0.15, 0.2) is 48.1 Å². The summed E-state index contributed by atoms with van der Waals surface area (Å²) < 4.78 is 11.2. The highest BCUT2D eigenvalue weighted by atomic mass is 16.5. The summed E-state index contributed by atoms with van der Waals surface area (Å²) in [6.45, 7) is 9.18. The molecule has 10 heteroatoms. The number of carboxylic acids is 1. The molecule has 2 aromatic carbocycles. The lowest BCUT2D eigenvalue weighted by Crippen LogP contribution is -2.28. The van der Waals surface area contributed by atoms with Gasteiger partial charge in [0.05, 0.1) is 23.1 Å². The van der Waals surface area contributed by atoms with E-state index < -0.39 is 12.6 Å². The highest BCUT2D eigenvalue weighted by Gasteiger charge is 2.17. The molecule has 0 amide bonds. The summed E-state index contributed by atoms with van der Waals surface area (Å²) in [6.07, 6.45) is 0. The average molecular weight is 447 g/mol. The normalized spacial score (nSPS) is 11.5. The van der Waals surface area contributed by atoms with Gasteiger partial charge in [0.25, 0.3) is 0 Å². The molecule has 0 spiro atoms. The minimum Gasteiger partial charge on any atom is -0.508 e. The Balaban J connectivity index is 1.77. The van der Waals surface area contributed by atoms with E-state index in [-0.39, 0.29) is 11.5 Å². The smallest absolute Gasteiger partial charge is 0.341 e. The van der Waals surface area contributed by atoms with Crippen LogP contribution in [0, 0.1) is 0 Å². The maximum absolute atomic E-state index is 10.9. The van der Waals surface area contributed by atoms with E-state index in [1.54, 1.807) is 18.2 Å². The maximum atomic E-state index is 10.9. The fourth-order valence-corrected chi connectivity index (χ4v) is 3.32. The number of nitrogens with zero attached hydrogens (tertiary/aromatic N) is 3. The summed E-state index contributed by atoms with van der Waals surface area (Å²) in [5, 5.41) is 23.8. The first-order valence-corrected chi connectivity index (χ1v) is 9.97. The van der Waals surface area contributed by atoms with Crippen LogP contribution >= 0.6 is 0 Å². The monoisotopic (exact) mass is 447 g/mol. The number of benzene rings is 2.